The molecule has 0 atom stereocenters. The van der Waals surface area contributed by atoms with Crippen LogP contribution in [0.15, 0.2) is 40.9 Å². The highest BCUT2D eigenvalue weighted by Crippen LogP contribution is 2.20. The third kappa shape index (κ3) is 4.73. The zero-order chi connectivity index (χ0) is 18.5. The maximum atomic E-state index is 12.3. The monoisotopic (exact) mass is 373 g/mol. The molecule has 2 amide bonds. The highest BCUT2D eigenvalue weighted by Gasteiger charge is 2.27. The number of carbonyl (C=O) groups is 2. The van der Waals surface area contributed by atoms with E-state index < -0.39 is 0 Å². The molecule has 2 aromatic rings. The van der Waals surface area contributed by atoms with Crippen LogP contribution in [0.5, 0.6) is 0 Å². The smallest absolute Gasteiger partial charge is 0.246 e. The predicted octanol–water partition coefficient (Wildman–Crippen LogP) is 3.53. The molecule has 1 aromatic carbocycles. The van der Waals surface area contributed by atoms with E-state index in [1.807, 2.05) is 12.1 Å². The van der Waals surface area contributed by atoms with Crippen LogP contribution in [0.4, 0.5) is 5.82 Å². The van der Waals surface area contributed by atoms with E-state index in [9.17, 15) is 9.59 Å². The number of amides is 2. The number of likely N-dealkylation sites (tertiary alicyclic amines) is 1. The molecule has 1 aliphatic heterocycles. The summed E-state index contributed by atoms with van der Waals surface area (Å²) < 4.78 is 4.94. The lowest BCUT2D eigenvalue weighted by molar-refractivity contribution is -0.130. The quantitative estimate of drug-likeness (QED) is 0.832. The molecule has 1 fully saturated rings. The Kier molecular flexibility index (Phi) is 5.73. The van der Waals surface area contributed by atoms with Crippen LogP contribution in [0.1, 0.15) is 24.2 Å². The Balaban J connectivity index is 1.48. The lowest BCUT2D eigenvalue weighted by atomic mass is 9.96. The van der Waals surface area contributed by atoms with Gasteiger partial charge >= 0.3 is 0 Å². The molecule has 7 heteroatoms. The number of aryl methyl sites for hydroxylation is 1. The number of nitrogens with zero attached hydrogens (tertiary/aromatic N) is 2. The van der Waals surface area contributed by atoms with Crippen LogP contribution in [0.25, 0.3) is 6.08 Å². The van der Waals surface area contributed by atoms with Crippen molar-refractivity contribution in [3.8, 4) is 0 Å². The maximum absolute atomic E-state index is 12.3. The number of piperidine rings is 1. The van der Waals surface area contributed by atoms with E-state index in [4.69, 9.17) is 16.1 Å². The van der Waals surface area contributed by atoms with Gasteiger partial charge in [0, 0.05) is 36.2 Å². The van der Waals surface area contributed by atoms with Crippen molar-refractivity contribution < 1.29 is 14.1 Å². The molecule has 0 radical (unpaired) electrons. The first-order chi connectivity index (χ1) is 12.5. The normalized spacial score (nSPS) is 15.4. The van der Waals surface area contributed by atoms with E-state index in [2.05, 4.69) is 10.5 Å². The van der Waals surface area contributed by atoms with Gasteiger partial charge in [-0.25, -0.2) is 0 Å². The summed E-state index contributed by atoms with van der Waals surface area (Å²) in [6, 6.07) is 8.96. The van der Waals surface area contributed by atoms with Gasteiger partial charge in [0.15, 0.2) is 5.82 Å². The van der Waals surface area contributed by atoms with Crippen LogP contribution in [-0.2, 0) is 9.59 Å². The van der Waals surface area contributed by atoms with Gasteiger partial charge in [-0.05, 0) is 43.5 Å². The van der Waals surface area contributed by atoms with Gasteiger partial charge < -0.3 is 14.7 Å². The van der Waals surface area contributed by atoms with Crippen molar-refractivity contribution >= 4 is 35.3 Å². The largest absolute Gasteiger partial charge is 0.360 e. The van der Waals surface area contributed by atoms with Gasteiger partial charge in [0.05, 0.1) is 0 Å². The SMILES string of the molecule is Cc1cc(NC(=O)C2CCN(C(=O)/C=C/c3ccc(Cl)cc3)CC2)no1. The molecule has 2 heterocycles. The number of anilines is 1. The van der Waals surface area contributed by atoms with E-state index in [1.54, 1.807) is 42.2 Å². The molecule has 1 aliphatic rings. The molecule has 6 nitrogen and oxygen atoms in total. The number of aromatic nitrogens is 1. The number of nitrogens with one attached hydrogen (secondary N) is 1. The zero-order valence-corrected chi connectivity index (χ0v) is 15.2. The predicted molar refractivity (Wildman–Crippen MR) is 99.7 cm³/mol. The molecule has 136 valence electrons. The van der Waals surface area contributed by atoms with Crippen LogP contribution < -0.4 is 5.32 Å². The van der Waals surface area contributed by atoms with Crippen molar-refractivity contribution in [3.63, 3.8) is 0 Å². The molecule has 1 saturated heterocycles. The minimum Gasteiger partial charge on any atom is -0.360 e. The van der Waals surface area contributed by atoms with Crippen LogP contribution in [0.2, 0.25) is 5.02 Å². The molecule has 1 N–H and O–H groups in total. The minimum atomic E-state index is -0.128. The van der Waals surface area contributed by atoms with E-state index in [1.165, 1.54) is 0 Å². The number of halogens is 1. The van der Waals surface area contributed by atoms with E-state index >= 15 is 0 Å². The first kappa shape index (κ1) is 18.2. The second kappa shape index (κ2) is 8.19. The van der Waals surface area contributed by atoms with E-state index in [0.717, 1.165) is 5.56 Å². The Morgan fingerprint density at radius 2 is 1.96 bits per heavy atom. The number of hydrogen-bond acceptors (Lipinski definition) is 4. The highest BCUT2D eigenvalue weighted by molar-refractivity contribution is 6.30. The maximum Gasteiger partial charge on any atom is 0.246 e. The second-order valence-electron chi connectivity index (χ2n) is 6.30. The van der Waals surface area contributed by atoms with Gasteiger partial charge in [-0.1, -0.05) is 28.9 Å². The summed E-state index contributed by atoms with van der Waals surface area (Å²) >= 11 is 5.85. The third-order valence-corrected chi connectivity index (χ3v) is 4.60. The first-order valence-corrected chi connectivity index (χ1v) is 8.86. The number of carbonyl (C=O) groups excluding carboxylic acids is 2. The standard InChI is InChI=1S/C19H20ClN3O3/c1-13-12-17(22-26-13)21-19(25)15-8-10-23(11-9-15)18(24)7-4-14-2-5-16(20)6-3-14/h2-7,12,15H,8-11H2,1H3,(H,21,22,25)/b7-4+. The van der Waals surface area contributed by atoms with Crippen LogP contribution in [-0.4, -0.2) is 35.0 Å². The van der Waals surface area contributed by atoms with Crippen molar-refractivity contribution in [2.24, 2.45) is 5.92 Å². The van der Waals surface area contributed by atoms with Gasteiger partial charge in [-0.15, -0.1) is 0 Å². The second-order valence-corrected chi connectivity index (χ2v) is 6.73. The van der Waals surface area contributed by atoms with Gasteiger partial charge in [0.2, 0.25) is 11.8 Å². The van der Waals surface area contributed by atoms with Crippen LogP contribution >= 0.6 is 11.6 Å². The van der Waals surface area contributed by atoms with E-state index in [-0.39, 0.29) is 17.7 Å². The number of hydrogen-bond donors (Lipinski definition) is 1. The Hall–Kier alpha value is -2.60. The Morgan fingerprint density at radius 1 is 1.27 bits per heavy atom. The van der Waals surface area contributed by atoms with Gasteiger partial charge in [0.1, 0.15) is 5.76 Å². The fourth-order valence-corrected chi connectivity index (χ4v) is 2.99. The highest BCUT2D eigenvalue weighted by atomic mass is 35.5. The Morgan fingerprint density at radius 3 is 2.58 bits per heavy atom. The summed E-state index contributed by atoms with van der Waals surface area (Å²) in [5, 5.41) is 7.18. The summed E-state index contributed by atoms with van der Waals surface area (Å²) in [7, 11) is 0. The number of benzene rings is 1. The van der Waals surface area contributed by atoms with Gasteiger partial charge in [-0.2, -0.15) is 0 Å². The van der Waals surface area contributed by atoms with Crippen molar-refractivity contribution in [3.05, 3.63) is 52.8 Å². The average Bonchev–Trinajstić information content (AvgIpc) is 3.06. The molecule has 26 heavy (non-hydrogen) atoms. The lowest BCUT2D eigenvalue weighted by Gasteiger charge is -2.30. The topological polar surface area (TPSA) is 75.4 Å². The summed E-state index contributed by atoms with van der Waals surface area (Å²) in [6.45, 7) is 2.88. The molecule has 1 aromatic heterocycles. The zero-order valence-electron chi connectivity index (χ0n) is 14.4. The van der Waals surface area contributed by atoms with Crippen LogP contribution in [0, 0.1) is 12.8 Å². The van der Waals surface area contributed by atoms with Crippen molar-refractivity contribution in [2.75, 3.05) is 18.4 Å². The molecular formula is C19H20ClN3O3. The number of rotatable bonds is 4. The summed E-state index contributed by atoms with van der Waals surface area (Å²) in [5.41, 5.74) is 0.917. The van der Waals surface area contributed by atoms with Crippen molar-refractivity contribution in [1.29, 1.82) is 0 Å². The molecule has 3 rings (SSSR count). The molecule has 0 spiro atoms. The third-order valence-electron chi connectivity index (χ3n) is 4.35. The Bertz CT molecular complexity index is 806. The molecule has 0 aliphatic carbocycles. The minimum absolute atomic E-state index is 0.0501. The molecule has 0 bridgehead atoms. The van der Waals surface area contributed by atoms with Crippen molar-refractivity contribution in [2.45, 2.75) is 19.8 Å². The lowest BCUT2D eigenvalue weighted by Crippen LogP contribution is -2.40. The molecular weight excluding hydrogens is 354 g/mol. The van der Waals surface area contributed by atoms with Gasteiger partial charge in [0.25, 0.3) is 0 Å². The average molecular weight is 374 g/mol. The summed E-state index contributed by atoms with van der Waals surface area (Å²) in [5.74, 6) is 0.814. The fraction of sp³-hybridized carbons (Fsp3) is 0.316. The van der Waals surface area contributed by atoms with Gasteiger partial charge in [-0.3, -0.25) is 9.59 Å². The molecule has 0 unspecified atom stereocenters. The van der Waals surface area contributed by atoms with Crippen molar-refractivity contribution in [1.82, 2.24) is 10.1 Å². The Labute approximate surface area is 156 Å². The molecule has 0 saturated carbocycles. The van der Waals surface area contributed by atoms with Crippen LogP contribution in [0.3, 0.4) is 0 Å². The van der Waals surface area contributed by atoms with E-state index in [0.29, 0.717) is 42.5 Å². The fourth-order valence-electron chi connectivity index (χ4n) is 2.86. The first-order valence-electron chi connectivity index (χ1n) is 8.48. The summed E-state index contributed by atoms with van der Waals surface area (Å²) in [6.07, 6.45) is 4.58. The summed E-state index contributed by atoms with van der Waals surface area (Å²) in [4.78, 5) is 26.3.